The van der Waals surface area contributed by atoms with E-state index in [0.717, 1.165) is 5.56 Å². The Hall–Kier alpha value is -4.86. The molecule has 0 aliphatic carbocycles. The van der Waals surface area contributed by atoms with E-state index < -0.39 is 23.8 Å². The smallest absolute Gasteiger partial charge is 0.408 e. The first-order valence-corrected chi connectivity index (χ1v) is 13.3. The number of nitrogens with one attached hydrogen (secondary N) is 2. The number of fused-ring (bicyclic) bond motifs is 1. The molecule has 0 spiro atoms. The SMILES string of the molecule is CCOc1ccc(-n2c([C@@H](CNC(=O)OC(C)(C)C)NC(=O)OCc3ccccc3)nc3ccccc3c2=O)cc1. The van der Waals surface area contributed by atoms with Crippen LogP contribution >= 0.6 is 0 Å². The maximum Gasteiger partial charge on any atom is 0.408 e. The zero-order valence-corrected chi connectivity index (χ0v) is 23.5. The lowest BCUT2D eigenvalue weighted by Gasteiger charge is -2.24. The second-order valence-corrected chi connectivity index (χ2v) is 10.2. The van der Waals surface area contributed by atoms with Crippen molar-refractivity contribution in [2.24, 2.45) is 0 Å². The molecule has 4 rings (SSSR count). The summed E-state index contributed by atoms with van der Waals surface area (Å²) < 4.78 is 17.8. The quantitative estimate of drug-likeness (QED) is 0.287. The first-order valence-electron chi connectivity index (χ1n) is 13.3. The van der Waals surface area contributed by atoms with Crippen LogP contribution in [0.5, 0.6) is 5.75 Å². The highest BCUT2D eigenvalue weighted by Gasteiger charge is 2.26. The number of ether oxygens (including phenoxy) is 3. The van der Waals surface area contributed by atoms with Crippen LogP contribution in [0.25, 0.3) is 16.6 Å². The number of carbonyl (C=O) groups is 2. The minimum atomic E-state index is -0.963. The molecule has 41 heavy (non-hydrogen) atoms. The highest BCUT2D eigenvalue weighted by molar-refractivity contribution is 5.78. The second kappa shape index (κ2) is 13.0. The van der Waals surface area contributed by atoms with Crippen molar-refractivity contribution in [2.45, 2.75) is 45.9 Å². The van der Waals surface area contributed by atoms with Crippen molar-refractivity contribution in [2.75, 3.05) is 13.2 Å². The fourth-order valence-corrected chi connectivity index (χ4v) is 4.10. The Morgan fingerprint density at radius 1 is 0.927 bits per heavy atom. The Kier molecular flexibility index (Phi) is 9.23. The summed E-state index contributed by atoms with van der Waals surface area (Å²) in [5, 5.41) is 5.86. The van der Waals surface area contributed by atoms with E-state index in [2.05, 4.69) is 10.6 Å². The van der Waals surface area contributed by atoms with Gasteiger partial charge < -0.3 is 24.8 Å². The molecule has 0 aliphatic heterocycles. The Labute approximate surface area is 238 Å². The molecule has 1 atom stereocenters. The van der Waals surface area contributed by atoms with Gasteiger partial charge in [0, 0.05) is 6.54 Å². The maximum absolute atomic E-state index is 13.8. The monoisotopic (exact) mass is 558 g/mol. The summed E-state index contributed by atoms with van der Waals surface area (Å²) in [6, 6.07) is 22.2. The number of nitrogens with zero attached hydrogens (tertiary/aromatic N) is 2. The zero-order chi connectivity index (χ0) is 29.4. The molecule has 0 unspecified atom stereocenters. The highest BCUT2D eigenvalue weighted by atomic mass is 16.6. The molecule has 0 aliphatic rings. The van der Waals surface area contributed by atoms with E-state index in [4.69, 9.17) is 19.2 Å². The topological polar surface area (TPSA) is 121 Å². The van der Waals surface area contributed by atoms with Gasteiger partial charge in [0.25, 0.3) is 5.56 Å². The van der Waals surface area contributed by atoms with Crippen LogP contribution in [0.4, 0.5) is 9.59 Å². The third kappa shape index (κ3) is 7.84. The highest BCUT2D eigenvalue weighted by Crippen LogP contribution is 2.21. The first kappa shape index (κ1) is 29.1. The van der Waals surface area contributed by atoms with Gasteiger partial charge in [0.1, 0.15) is 29.8 Å². The van der Waals surface area contributed by atoms with E-state index in [-0.39, 0.29) is 24.5 Å². The molecule has 0 saturated carbocycles. The third-order valence-corrected chi connectivity index (χ3v) is 5.87. The molecule has 10 heteroatoms. The van der Waals surface area contributed by atoms with Crippen molar-refractivity contribution in [3.8, 4) is 11.4 Å². The molecule has 0 fully saturated rings. The number of alkyl carbamates (subject to hydrolysis) is 2. The van der Waals surface area contributed by atoms with Gasteiger partial charge in [-0.3, -0.25) is 9.36 Å². The van der Waals surface area contributed by atoms with Gasteiger partial charge >= 0.3 is 12.2 Å². The largest absolute Gasteiger partial charge is 0.494 e. The molecule has 214 valence electrons. The van der Waals surface area contributed by atoms with Crippen LogP contribution in [-0.2, 0) is 16.1 Å². The molecule has 0 saturated heterocycles. The van der Waals surface area contributed by atoms with E-state index in [1.165, 1.54) is 4.57 Å². The standard InChI is InChI=1S/C31H34N4O6/c1-5-39-23-17-15-22(16-18-23)35-27(33-25-14-10-9-13-24(25)28(35)36)26(19-32-29(37)41-31(2,3)4)34-30(38)40-20-21-11-7-6-8-12-21/h6-18,26H,5,19-20H2,1-4H3,(H,32,37)(H,34,38)/t26-/m1/s1. The van der Waals surface area contributed by atoms with E-state index in [1.807, 2.05) is 37.3 Å². The second-order valence-electron chi connectivity index (χ2n) is 10.2. The van der Waals surface area contributed by atoms with E-state index in [1.54, 1.807) is 69.3 Å². The van der Waals surface area contributed by atoms with Crippen LogP contribution in [0, 0.1) is 0 Å². The summed E-state index contributed by atoms with van der Waals surface area (Å²) in [6.45, 7) is 7.53. The lowest BCUT2D eigenvalue weighted by Crippen LogP contribution is -2.42. The van der Waals surface area contributed by atoms with Crippen LogP contribution in [0.1, 0.15) is 45.1 Å². The van der Waals surface area contributed by atoms with E-state index in [9.17, 15) is 14.4 Å². The molecule has 0 radical (unpaired) electrons. The van der Waals surface area contributed by atoms with Crippen molar-refractivity contribution in [3.05, 3.63) is 101 Å². The number of hydrogen-bond donors (Lipinski definition) is 2. The Bertz CT molecular complexity index is 1550. The summed E-state index contributed by atoms with van der Waals surface area (Å²) >= 11 is 0. The summed E-state index contributed by atoms with van der Waals surface area (Å²) in [5.74, 6) is 0.843. The molecule has 2 amide bonds. The van der Waals surface area contributed by atoms with Gasteiger partial charge in [-0.25, -0.2) is 14.6 Å². The first-order chi connectivity index (χ1) is 19.6. The van der Waals surface area contributed by atoms with Gasteiger partial charge in [-0.1, -0.05) is 42.5 Å². The van der Waals surface area contributed by atoms with Crippen molar-refractivity contribution >= 4 is 23.1 Å². The lowest BCUT2D eigenvalue weighted by atomic mass is 10.2. The van der Waals surface area contributed by atoms with Crippen LogP contribution in [-0.4, -0.2) is 40.5 Å². The molecular formula is C31H34N4O6. The van der Waals surface area contributed by atoms with Crippen molar-refractivity contribution in [1.29, 1.82) is 0 Å². The van der Waals surface area contributed by atoms with Gasteiger partial charge in [0.15, 0.2) is 0 Å². The number of aromatic nitrogens is 2. The summed E-state index contributed by atoms with van der Waals surface area (Å²) in [6.07, 6.45) is -1.43. The van der Waals surface area contributed by atoms with Gasteiger partial charge in [0.05, 0.1) is 23.2 Å². The maximum atomic E-state index is 13.8. The summed E-state index contributed by atoms with van der Waals surface area (Å²) in [7, 11) is 0. The average Bonchev–Trinajstić information content (AvgIpc) is 2.94. The fraction of sp³-hybridized carbons (Fsp3) is 0.290. The normalized spacial score (nSPS) is 11.9. The number of benzene rings is 3. The van der Waals surface area contributed by atoms with E-state index >= 15 is 0 Å². The molecule has 0 bridgehead atoms. The molecule has 1 heterocycles. The molecule has 10 nitrogen and oxygen atoms in total. The zero-order valence-electron chi connectivity index (χ0n) is 23.5. The third-order valence-electron chi connectivity index (χ3n) is 5.87. The Balaban J connectivity index is 1.73. The van der Waals surface area contributed by atoms with Gasteiger partial charge in [-0.05, 0) is 69.7 Å². The average molecular weight is 559 g/mol. The predicted octanol–water partition coefficient (Wildman–Crippen LogP) is 5.28. The Morgan fingerprint density at radius 3 is 2.29 bits per heavy atom. The molecule has 3 aromatic carbocycles. The fourth-order valence-electron chi connectivity index (χ4n) is 4.10. The molecule has 2 N–H and O–H groups in total. The lowest BCUT2D eigenvalue weighted by molar-refractivity contribution is 0.0519. The number of hydrogen-bond acceptors (Lipinski definition) is 7. The molecular weight excluding hydrogens is 524 g/mol. The van der Waals surface area contributed by atoms with Crippen LogP contribution < -0.4 is 20.9 Å². The van der Waals surface area contributed by atoms with Gasteiger partial charge in [-0.15, -0.1) is 0 Å². The summed E-state index contributed by atoms with van der Waals surface area (Å²) in [4.78, 5) is 44.1. The van der Waals surface area contributed by atoms with Crippen LogP contribution in [0.15, 0.2) is 83.7 Å². The van der Waals surface area contributed by atoms with Crippen molar-refractivity contribution < 1.29 is 23.8 Å². The molecule has 1 aromatic heterocycles. The van der Waals surface area contributed by atoms with Crippen LogP contribution in [0.2, 0.25) is 0 Å². The van der Waals surface area contributed by atoms with Crippen molar-refractivity contribution in [3.63, 3.8) is 0 Å². The van der Waals surface area contributed by atoms with Gasteiger partial charge in [0.2, 0.25) is 0 Å². The van der Waals surface area contributed by atoms with Gasteiger partial charge in [-0.2, -0.15) is 0 Å². The molecule has 4 aromatic rings. The van der Waals surface area contributed by atoms with Crippen molar-refractivity contribution in [1.82, 2.24) is 20.2 Å². The minimum Gasteiger partial charge on any atom is -0.494 e. The number of para-hydroxylation sites is 1. The number of carbonyl (C=O) groups excluding carboxylic acids is 2. The van der Waals surface area contributed by atoms with E-state index in [0.29, 0.717) is 28.9 Å². The number of rotatable bonds is 9. The minimum absolute atomic E-state index is 0.0374. The predicted molar refractivity (Wildman–Crippen MR) is 155 cm³/mol. The Morgan fingerprint density at radius 2 is 1.61 bits per heavy atom. The van der Waals surface area contributed by atoms with Crippen LogP contribution in [0.3, 0.4) is 0 Å². The summed E-state index contributed by atoms with van der Waals surface area (Å²) in [5.41, 5.74) is 0.690. The number of amides is 2.